The van der Waals surface area contributed by atoms with Gasteiger partial charge in [0.15, 0.2) is 0 Å². The molecule has 3 aliphatic rings. The quantitative estimate of drug-likeness (QED) is 0.184. The van der Waals surface area contributed by atoms with Gasteiger partial charge >= 0.3 is 0 Å². The van der Waals surface area contributed by atoms with Crippen molar-refractivity contribution >= 4 is 23.5 Å². The number of ether oxygens (including phenoxy) is 1. The predicted molar refractivity (Wildman–Crippen MR) is 173 cm³/mol. The van der Waals surface area contributed by atoms with Crippen LogP contribution in [0.1, 0.15) is 50.5 Å². The Labute approximate surface area is 279 Å². The highest BCUT2D eigenvalue weighted by Crippen LogP contribution is 2.38. The summed E-state index contributed by atoms with van der Waals surface area (Å²) >= 11 is 5.89. The van der Waals surface area contributed by atoms with Crippen LogP contribution >= 0.6 is 11.6 Å². The number of piperidine rings is 1. The lowest BCUT2D eigenvalue weighted by Crippen LogP contribution is -2.54. The fraction of sp³-hybridized carbons (Fsp3) is 0.667. The number of rotatable bonds is 14. The minimum atomic E-state index is -1.69. The Morgan fingerprint density at radius 2 is 1.77 bits per heavy atom. The number of aliphatic hydroxyl groups excluding tert-OH is 5. The smallest absolute Gasteiger partial charge is 0.227 e. The number of β-amino-alcohol motifs (C(OH)–C–C–N with tert-alkyl or cyclic N) is 1. The first-order valence-electron chi connectivity index (χ1n) is 16.6. The number of benzene rings is 1. The van der Waals surface area contributed by atoms with E-state index in [9.17, 15) is 25.2 Å². The molecule has 5 N–H and O–H groups in total. The zero-order valence-corrected chi connectivity index (χ0v) is 27.4. The number of amides is 1. The molecule has 47 heavy (non-hydrogen) atoms. The molecule has 0 radical (unpaired) electrons. The molecule has 260 valence electrons. The van der Waals surface area contributed by atoms with E-state index >= 15 is 4.39 Å². The molecule has 14 heteroatoms. The zero-order valence-electron chi connectivity index (χ0n) is 26.6. The average Bonchev–Trinajstić information content (AvgIpc) is 3.69. The van der Waals surface area contributed by atoms with Crippen molar-refractivity contribution in [2.75, 3.05) is 57.4 Å². The summed E-state index contributed by atoms with van der Waals surface area (Å²) < 4.78 is 20.9. The van der Waals surface area contributed by atoms with Crippen LogP contribution < -0.4 is 9.64 Å². The summed E-state index contributed by atoms with van der Waals surface area (Å²) in [6, 6.07) is 4.65. The molecule has 0 bridgehead atoms. The minimum Gasteiger partial charge on any atom is -0.493 e. The van der Waals surface area contributed by atoms with Crippen molar-refractivity contribution in [1.29, 1.82) is 0 Å². The number of aliphatic hydroxyl groups is 5. The Kier molecular flexibility index (Phi) is 12.3. The summed E-state index contributed by atoms with van der Waals surface area (Å²) in [5.41, 5.74) is -0.0760. The normalized spacial score (nSPS) is 23.3. The monoisotopic (exact) mass is 679 g/mol. The van der Waals surface area contributed by atoms with Gasteiger partial charge in [0.05, 0.1) is 43.2 Å². The standard InChI is InChI=1S/C33H47ClFN5O7/c34-24-17-36-32(37-18-24)38-11-6-22(7-12-38)3-1-14-47-25-5-4-23(26(35)16-25)15-29(44)39-13-9-33(21-39)8-2-10-40(33)19-27(42)30(45)31(46)28(43)20-41/h4-5,16-18,22,27-28,30-31,41-43,45-46H,1-3,6-15,19-21H2/t27-,28+,30+,31+,33?/m0/s1. The lowest BCUT2D eigenvalue weighted by molar-refractivity contribution is -0.130. The van der Waals surface area contributed by atoms with Crippen LogP contribution in [0.2, 0.25) is 5.02 Å². The third-order valence-corrected chi connectivity index (χ3v) is 10.2. The fourth-order valence-electron chi connectivity index (χ4n) is 7.20. The van der Waals surface area contributed by atoms with E-state index in [1.54, 1.807) is 29.4 Å². The van der Waals surface area contributed by atoms with E-state index in [-0.39, 0.29) is 24.4 Å². The maximum absolute atomic E-state index is 15.0. The lowest BCUT2D eigenvalue weighted by Gasteiger charge is -2.38. The first kappa shape index (κ1) is 35.7. The number of anilines is 1. The van der Waals surface area contributed by atoms with E-state index in [1.165, 1.54) is 6.07 Å². The number of hydrogen-bond donors (Lipinski definition) is 5. The maximum atomic E-state index is 15.0. The van der Waals surface area contributed by atoms with Crippen molar-refractivity contribution in [3.8, 4) is 5.75 Å². The van der Waals surface area contributed by atoms with E-state index in [2.05, 4.69) is 14.9 Å². The summed E-state index contributed by atoms with van der Waals surface area (Å²) in [5, 5.41) is 50.0. The number of likely N-dealkylation sites (tertiary alicyclic amines) is 2. The topological polar surface area (TPSA) is 163 Å². The molecule has 3 fully saturated rings. The van der Waals surface area contributed by atoms with Crippen LogP contribution in [0.15, 0.2) is 30.6 Å². The molecule has 0 saturated carbocycles. The van der Waals surface area contributed by atoms with Gasteiger partial charge in [0.25, 0.3) is 0 Å². The van der Waals surface area contributed by atoms with Gasteiger partial charge in [0.2, 0.25) is 11.9 Å². The van der Waals surface area contributed by atoms with Gasteiger partial charge in [-0.05, 0) is 69.0 Å². The minimum absolute atomic E-state index is 0.0491. The van der Waals surface area contributed by atoms with Crippen LogP contribution in [0.5, 0.6) is 5.75 Å². The Hall–Kier alpha value is -2.65. The second-order valence-corrected chi connectivity index (χ2v) is 13.6. The van der Waals surface area contributed by atoms with Crippen LogP contribution in [-0.2, 0) is 11.2 Å². The SMILES string of the molecule is O=C(Cc1ccc(OCCCC2CCN(c3ncc(Cl)cn3)CC2)cc1F)N1CCC2(CCCN2C[C@H](O)[C@@H](O)[C@H](O)[C@H](O)CO)C1. The first-order valence-corrected chi connectivity index (χ1v) is 17.0. The Morgan fingerprint density at radius 3 is 2.47 bits per heavy atom. The molecule has 1 spiro atoms. The molecule has 3 aliphatic heterocycles. The molecular weight excluding hydrogens is 633 g/mol. The van der Waals surface area contributed by atoms with Crippen molar-refractivity contribution in [3.05, 3.63) is 47.0 Å². The zero-order chi connectivity index (χ0) is 33.6. The van der Waals surface area contributed by atoms with Crippen molar-refractivity contribution < 1.29 is 39.5 Å². The molecule has 0 aliphatic carbocycles. The predicted octanol–water partition coefficient (Wildman–Crippen LogP) is 1.39. The summed E-state index contributed by atoms with van der Waals surface area (Å²) in [7, 11) is 0. The molecule has 2 aromatic rings. The Bertz CT molecular complexity index is 1320. The van der Waals surface area contributed by atoms with Gasteiger partial charge in [-0.25, -0.2) is 14.4 Å². The van der Waals surface area contributed by atoms with Gasteiger partial charge in [-0.3, -0.25) is 9.69 Å². The van der Waals surface area contributed by atoms with E-state index in [1.807, 2.05) is 4.90 Å². The third-order valence-electron chi connectivity index (χ3n) is 10.1. The highest BCUT2D eigenvalue weighted by atomic mass is 35.5. The number of halogens is 2. The molecule has 1 aromatic heterocycles. The van der Waals surface area contributed by atoms with Gasteiger partial charge in [-0.1, -0.05) is 17.7 Å². The van der Waals surface area contributed by atoms with Crippen LogP contribution in [0, 0.1) is 11.7 Å². The number of carbonyl (C=O) groups excluding carboxylic acids is 1. The fourth-order valence-corrected chi connectivity index (χ4v) is 7.29. The number of aromatic nitrogens is 2. The molecule has 1 aromatic carbocycles. The number of nitrogens with zero attached hydrogens (tertiary/aromatic N) is 5. The molecular formula is C33H47ClFN5O7. The van der Waals surface area contributed by atoms with Gasteiger partial charge < -0.3 is 40.1 Å². The molecule has 4 heterocycles. The average molecular weight is 680 g/mol. The maximum Gasteiger partial charge on any atom is 0.227 e. The van der Waals surface area contributed by atoms with E-state index in [0.717, 1.165) is 51.6 Å². The largest absolute Gasteiger partial charge is 0.493 e. The first-order chi connectivity index (χ1) is 22.6. The van der Waals surface area contributed by atoms with E-state index in [4.69, 9.17) is 21.4 Å². The second-order valence-electron chi connectivity index (χ2n) is 13.2. The summed E-state index contributed by atoms with van der Waals surface area (Å²) in [4.78, 5) is 27.8. The number of carbonyl (C=O) groups is 1. The van der Waals surface area contributed by atoms with Crippen LogP contribution in [-0.4, -0.2) is 134 Å². The van der Waals surface area contributed by atoms with Gasteiger partial charge in [0, 0.05) is 44.3 Å². The number of hydrogen-bond acceptors (Lipinski definition) is 11. The van der Waals surface area contributed by atoms with E-state index < -0.39 is 36.8 Å². The molecule has 5 rings (SSSR count). The van der Waals surface area contributed by atoms with Gasteiger partial charge in [0.1, 0.15) is 29.9 Å². The van der Waals surface area contributed by atoms with Crippen molar-refractivity contribution in [2.45, 2.75) is 81.3 Å². The van der Waals surface area contributed by atoms with Crippen molar-refractivity contribution in [2.24, 2.45) is 5.92 Å². The van der Waals surface area contributed by atoms with Crippen LogP contribution in [0.4, 0.5) is 10.3 Å². The third kappa shape index (κ3) is 8.88. The van der Waals surface area contributed by atoms with Crippen LogP contribution in [0.3, 0.4) is 0 Å². The highest BCUT2D eigenvalue weighted by molar-refractivity contribution is 6.30. The van der Waals surface area contributed by atoms with Crippen molar-refractivity contribution in [1.82, 2.24) is 19.8 Å². The van der Waals surface area contributed by atoms with Crippen LogP contribution in [0.25, 0.3) is 0 Å². The summed E-state index contributed by atoms with van der Waals surface area (Å²) in [6.45, 7) is 3.15. The van der Waals surface area contributed by atoms with Gasteiger partial charge in [-0.15, -0.1) is 0 Å². The summed E-state index contributed by atoms with van der Waals surface area (Å²) in [5.74, 6) is 1.07. The second kappa shape index (κ2) is 16.2. The Morgan fingerprint density at radius 1 is 1.04 bits per heavy atom. The van der Waals surface area contributed by atoms with Crippen molar-refractivity contribution in [3.63, 3.8) is 0 Å². The Balaban J connectivity index is 1.04. The molecule has 3 saturated heterocycles. The summed E-state index contributed by atoms with van der Waals surface area (Å²) in [6.07, 6.45) is 3.22. The molecule has 5 atom stereocenters. The molecule has 1 unspecified atom stereocenters. The van der Waals surface area contributed by atoms with E-state index in [0.29, 0.717) is 60.9 Å². The van der Waals surface area contributed by atoms with Gasteiger partial charge in [-0.2, -0.15) is 0 Å². The lowest BCUT2D eigenvalue weighted by atomic mass is 9.92. The molecule has 12 nitrogen and oxygen atoms in total. The molecule has 1 amide bonds. The highest BCUT2D eigenvalue weighted by Gasteiger charge is 2.48.